The van der Waals surface area contributed by atoms with Gasteiger partial charge in [0.15, 0.2) is 0 Å². The number of hydrogen-bond donors (Lipinski definition) is 1. The molecule has 0 saturated heterocycles. The van der Waals surface area contributed by atoms with E-state index in [-0.39, 0.29) is 11.7 Å². The van der Waals surface area contributed by atoms with Gasteiger partial charge in [-0.3, -0.25) is 0 Å². The van der Waals surface area contributed by atoms with Crippen molar-refractivity contribution >= 4 is 0 Å². The first-order chi connectivity index (χ1) is 7.93. The molecule has 1 aliphatic rings. The lowest BCUT2D eigenvalue weighted by Crippen LogP contribution is -2.39. The molecule has 0 bridgehead atoms. The minimum atomic E-state index is -0.857. The number of aryl methyl sites for hydroxylation is 1. The van der Waals surface area contributed by atoms with Gasteiger partial charge in [-0.05, 0) is 54.9 Å². The van der Waals surface area contributed by atoms with Crippen molar-refractivity contribution in [3.8, 4) is 0 Å². The molecule has 1 fully saturated rings. The first-order valence-corrected chi connectivity index (χ1v) is 6.42. The highest BCUT2D eigenvalue weighted by Gasteiger charge is 2.41. The Morgan fingerprint density at radius 2 is 2.00 bits per heavy atom. The largest absolute Gasteiger partial charge is 0.385 e. The van der Waals surface area contributed by atoms with Crippen LogP contribution < -0.4 is 0 Å². The molecule has 1 aromatic rings. The molecule has 0 aliphatic heterocycles. The molecule has 1 saturated carbocycles. The molecular weight excluding hydrogens is 215 g/mol. The van der Waals surface area contributed by atoms with E-state index in [0.29, 0.717) is 5.92 Å². The van der Waals surface area contributed by atoms with Gasteiger partial charge in [0.1, 0.15) is 5.82 Å². The molecule has 17 heavy (non-hydrogen) atoms. The Morgan fingerprint density at radius 1 is 1.29 bits per heavy atom. The molecule has 1 N–H and O–H groups in total. The minimum absolute atomic E-state index is 0.194. The summed E-state index contributed by atoms with van der Waals surface area (Å²) < 4.78 is 13.4. The predicted molar refractivity (Wildman–Crippen MR) is 67.2 cm³/mol. The molecule has 1 aromatic carbocycles. The average Bonchev–Trinajstić information content (AvgIpc) is 2.27. The average molecular weight is 236 g/mol. The maximum atomic E-state index is 13.4. The first kappa shape index (κ1) is 12.6. The number of halogens is 1. The van der Waals surface area contributed by atoms with Crippen molar-refractivity contribution in [2.45, 2.75) is 45.6 Å². The molecule has 0 heterocycles. The molecule has 2 heteroatoms. The highest BCUT2D eigenvalue weighted by Crippen LogP contribution is 2.44. The van der Waals surface area contributed by atoms with Gasteiger partial charge in [-0.15, -0.1) is 0 Å². The second-order valence-corrected chi connectivity index (χ2v) is 5.67. The van der Waals surface area contributed by atoms with Crippen LogP contribution in [0.4, 0.5) is 4.39 Å². The molecule has 0 spiro atoms. The Labute approximate surface area is 103 Å². The van der Waals surface area contributed by atoms with Crippen molar-refractivity contribution in [3.63, 3.8) is 0 Å². The summed E-state index contributed by atoms with van der Waals surface area (Å²) in [5.41, 5.74) is 0.899. The van der Waals surface area contributed by atoms with Crippen molar-refractivity contribution in [1.29, 1.82) is 0 Å². The molecule has 2 rings (SSSR count). The highest BCUT2D eigenvalue weighted by molar-refractivity contribution is 5.33. The van der Waals surface area contributed by atoms with Gasteiger partial charge < -0.3 is 5.11 Å². The quantitative estimate of drug-likeness (QED) is 0.786. The SMILES string of the molecule is Cc1ccc(F)cc1C1(O)CC(C)CCC1C. The summed E-state index contributed by atoms with van der Waals surface area (Å²) in [6.07, 6.45) is 2.89. The smallest absolute Gasteiger partial charge is 0.123 e. The van der Waals surface area contributed by atoms with Gasteiger partial charge in [0.25, 0.3) is 0 Å². The lowest BCUT2D eigenvalue weighted by atomic mass is 9.68. The van der Waals surface area contributed by atoms with Crippen LogP contribution in [0.5, 0.6) is 0 Å². The Hall–Kier alpha value is -0.890. The van der Waals surface area contributed by atoms with Crippen LogP contribution in [-0.4, -0.2) is 5.11 Å². The molecule has 94 valence electrons. The zero-order valence-electron chi connectivity index (χ0n) is 10.8. The molecular formula is C15H21FO. The maximum absolute atomic E-state index is 13.4. The number of rotatable bonds is 1. The lowest BCUT2D eigenvalue weighted by molar-refractivity contribution is -0.0633. The first-order valence-electron chi connectivity index (χ1n) is 6.42. The van der Waals surface area contributed by atoms with Crippen LogP contribution in [-0.2, 0) is 5.60 Å². The zero-order chi connectivity index (χ0) is 12.6. The molecule has 1 aliphatic carbocycles. The van der Waals surface area contributed by atoms with E-state index in [9.17, 15) is 9.50 Å². The van der Waals surface area contributed by atoms with Crippen LogP contribution >= 0.6 is 0 Å². The second kappa shape index (κ2) is 4.41. The fraction of sp³-hybridized carbons (Fsp3) is 0.600. The van der Waals surface area contributed by atoms with Crippen molar-refractivity contribution in [2.75, 3.05) is 0 Å². The Kier molecular flexibility index (Phi) is 3.26. The van der Waals surface area contributed by atoms with E-state index in [1.165, 1.54) is 12.1 Å². The molecule has 1 nitrogen and oxygen atoms in total. The summed E-state index contributed by atoms with van der Waals surface area (Å²) in [5.74, 6) is 0.433. The summed E-state index contributed by atoms with van der Waals surface area (Å²) in [4.78, 5) is 0. The van der Waals surface area contributed by atoms with E-state index >= 15 is 0 Å². The number of benzene rings is 1. The molecule has 0 amide bonds. The van der Waals surface area contributed by atoms with Crippen LogP contribution in [0.1, 0.15) is 44.2 Å². The van der Waals surface area contributed by atoms with Crippen molar-refractivity contribution < 1.29 is 9.50 Å². The van der Waals surface area contributed by atoms with Crippen molar-refractivity contribution in [3.05, 3.63) is 35.1 Å². The summed E-state index contributed by atoms with van der Waals surface area (Å²) >= 11 is 0. The Bertz CT molecular complexity index is 415. The van der Waals surface area contributed by atoms with Gasteiger partial charge in [-0.1, -0.05) is 26.3 Å². The third-order valence-electron chi connectivity index (χ3n) is 4.23. The van der Waals surface area contributed by atoms with Crippen LogP contribution in [0.3, 0.4) is 0 Å². The van der Waals surface area contributed by atoms with Crippen LogP contribution in [0.25, 0.3) is 0 Å². The van der Waals surface area contributed by atoms with Gasteiger partial charge in [-0.2, -0.15) is 0 Å². The van der Waals surface area contributed by atoms with Gasteiger partial charge in [0.05, 0.1) is 5.60 Å². The molecule has 0 aromatic heterocycles. The van der Waals surface area contributed by atoms with E-state index < -0.39 is 5.60 Å². The monoisotopic (exact) mass is 236 g/mol. The second-order valence-electron chi connectivity index (χ2n) is 5.67. The predicted octanol–water partition coefficient (Wildman–Crippen LogP) is 3.78. The van der Waals surface area contributed by atoms with Crippen LogP contribution in [0, 0.1) is 24.6 Å². The van der Waals surface area contributed by atoms with E-state index in [1.807, 2.05) is 6.92 Å². The van der Waals surface area contributed by atoms with E-state index in [2.05, 4.69) is 13.8 Å². The fourth-order valence-electron chi connectivity index (χ4n) is 3.04. The summed E-state index contributed by atoms with van der Waals surface area (Å²) in [5, 5.41) is 10.9. The molecule has 3 unspecified atom stereocenters. The molecule has 3 atom stereocenters. The number of hydrogen-bond acceptors (Lipinski definition) is 1. The van der Waals surface area contributed by atoms with Crippen LogP contribution in [0.15, 0.2) is 18.2 Å². The summed E-state index contributed by atoms with van der Waals surface area (Å²) in [6.45, 7) is 6.17. The van der Waals surface area contributed by atoms with Gasteiger partial charge >= 0.3 is 0 Å². The number of aliphatic hydroxyl groups is 1. The van der Waals surface area contributed by atoms with E-state index in [1.54, 1.807) is 6.07 Å². The van der Waals surface area contributed by atoms with Gasteiger partial charge in [0.2, 0.25) is 0 Å². The van der Waals surface area contributed by atoms with E-state index in [0.717, 1.165) is 30.4 Å². The normalized spacial score (nSPS) is 33.7. The van der Waals surface area contributed by atoms with E-state index in [4.69, 9.17) is 0 Å². The summed E-state index contributed by atoms with van der Waals surface area (Å²) in [7, 11) is 0. The fourth-order valence-corrected chi connectivity index (χ4v) is 3.04. The zero-order valence-corrected chi connectivity index (χ0v) is 10.8. The maximum Gasteiger partial charge on any atom is 0.123 e. The Balaban J connectivity index is 2.45. The van der Waals surface area contributed by atoms with Gasteiger partial charge in [-0.25, -0.2) is 4.39 Å². The third-order valence-corrected chi connectivity index (χ3v) is 4.23. The molecule has 0 radical (unpaired) electrons. The standard InChI is InChI=1S/C15H21FO/c1-10-4-6-12(3)15(17,9-10)14-8-13(16)7-5-11(14)2/h5,7-8,10,12,17H,4,6,9H2,1-3H3. The minimum Gasteiger partial charge on any atom is -0.385 e. The Morgan fingerprint density at radius 3 is 2.71 bits per heavy atom. The van der Waals surface area contributed by atoms with Crippen molar-refractivity contribution in [1.82, 2.24) is 0 Å². The van der Waals surface area contributed by atoms with Crippen LogP contribution in [0.2, 0.25) is 0 Å². The van der Waals surface area contributed by atoms with Gasteiger partial charge in [0, 0.05) is 0 Å². The van der Waals surface area contributed by atoms with Crippen molar-refractivity contribution in [2.24, 2.45) is 11.8 Å². The topological polar surface area (TPSA) is 20.2 Å². The lowest BCUT2D eigenvalue weighted by Gasteiger charge is -2.42. The third kappa shape index (κ3) is 2.23. The highest BCUT2D eigenvalue weighted by atomic mass is 19.1. The summed E-state index contributed by atoms with van der Waals surface area (Å²) in [6, 6.07) is 4.72.